The second kappa shape index (κ2) is 9.77. The number of nitrogens with one attached hydrogen (secondary N) is 1. The fourth-order valence-electron chi connectivity index (χ4n) is 5.38. The molecule has 1 N–H and O–H groups in total. The zero-order valence-electron chi connectivity index (χ0n) is 21.1. The minimum absolute atomic E-state index is 0.103. The predicted molar refractivity (Wildman–Crippen MR) is 140 cm³/mol. The first-order chi connectivity index (χ1) is 18.5. The van der Waals surface area contributed by atoms with Gasteiger partial charge in [-0.25, -0.2) is 9.67 Å². The highest BCUT2D eigenvalue weighted by Gasteiger charge is 2.36. The molecule has 1 unspecified atom stereocenters. The zero-order valence-corrected chi connectivity index (χ0v) is 21.1. The standard InChI is InChI=1S/C28H28N6O4/c1-18-21-8-2-3-9-22(21)28(37)34(31-18)16-25(36)33-12-10-23-27-26(33)19-6-4-7-20(14-19)38-13-5-11-29-24(35)15-32(27)17-30-23/h2-4,6-9,14,17,26H,5,10-13,15-16H2,1H3,(H,29,35). The Morgan fingerprint density at radius 3 is 2.84 bits per heavy atom. The normalized spacial score (nSPS) is 17.4. The van der Waals surface area contributed by atoms with Crippen LogP contribution in [0.5, 0.6) is 5.75 Å². The van der Waals surface area contributed by atoms with Crippen molar-refractivity contribution in [1.29, 1.82) is 0 Å². The lowest BCUT2D eigenvalue weighted by atomic mass is 9.94. The average Bonchev–Trinajstić information content (AvgIpc) is 3.33. The largest absolute Gasteiger partial charge is 0.494 e. The molecule has 2 aliphatic rings. The Morgan fingerprint density at radius 2 is 1.97 bits per heavy atom. The smallest absolute Gasteiger partial charge is 0.275 e. The van der Waals surface area contributed by atoms with Crippen LogP contribution in [0.2, 0.25) is 0 Å². The van der Waals surface area contributed by atoms with Gasteiger partial charge in [0.15, 0.2) is 0 Å². The van der Waals surface area contributed by atoms with E-state index >= 15 is 0 Å². The highest BCUT2D eigenvalue weighted by Crippen LogP contribution is 2.36. The Kier molecular flexibility index (Phi) is 6.15. The summed E-state index contributed by atoms with van der Waals surface area (Å²) in [4.78, 5) is 46.1. The van der Waals surface area contributed by atoms with Crippen molar-refractivity contribution in [1.82, 2.24) is 29.5 Å². The molecular weight excluding hydrogens is 484 g/mol. The van der Waals surface area contributed by atoms with Gasteiger partial charge < -0.3 is 19.5 Å². The summed E-state index contributed by atoms with van der Waals surface area (Å²) in [5.74, 6) is 0.334. The molecule has 38 heavy (non-hydrogen) atoms. The zero-order chi connectivity index (χ0) is 26.2. The number of carbonyl (C=O) groups is 2. The number of hydrogen-bond donors (Lipinski definition) is 1. The molecule has 0 spiro atoms. The molecule has 10 nitrogen and oxygen atoms in total. The number of nitrogens with zero attached hydrogens (tertiary/aromatic N) is 5. The van der Waals surface area contributed by atoms with Crippen LogP contribution >= 0.6 is 0 Å². The van der Waals surface area contributed by atoms with Gasteiger partial charge in [-0.1, -0.05) is 30.3 Å². The molecule has 194 valence electrons. The molecule has 10 heteroatoms. The van der Waals surface area contributed by atoms with Crippen molar-refractivity contribution in [3.63, 3.8) is 0 Å². The molecule has 6 rings (SSSR count). The molecule has 2 aromatic carbocycles. The lowest BCUT2D eigenvalue weighted by Gasteiger charge is -2.37. The molecule has 2 aromatic heterocycles. The third kappa shape index (κ3) is 4.31. The van der Waals surface area contributed by atoms with Crippen molar-refractivity contribution < 1.29 is 14.3 Å². The van der Waals surface area contributed by atoms with E-state index in [1.807, 2.05) is 47.9 Å². The lowest BCUT2D eigenvalue weighted by Crippen LogP contribution is -2.44. The van der Waals surface area contributed by atoms with Crippen molar-refractivity contribution in [2.24, 2.45) is 0 Å². The summed E-state index contributed by atoms with van der Waals surface area (Å²) < 4.78 is 9.01. The summed E-state index contributed by atoms with van der Waals surface area (Å²) in [6.45, 7) is 3.14. The summed E-state index contributed by atoms with van der Waals surface area (Å²) >= 11 is 0. The number of aryl methyl sites for hydroxylation is 1. The van der Waals surface area contributed by atoms with Gasteiger partial charge in [0, 0.05) is 24.9 Å². The Balaban J connectivity index is 1.42. The van der Waals surface area contributed by atoms with Crippen molar-refractivity contribution in [3.8, 4) is 5.75 Å². The molecular formula is C28H28N6O4. The summed E-state index contributed by atoms with van der Waals surface area (Å²) in [5, 5.41) is 8.68. The van der Waals surface area contributed by atoms with E-state index in [9.17, 15) is 14.4 Å². The van der Waals surface area contributed by atoms with Crippen LogP contribution in [0, 0.1) is 6.92 Å². The highest BCUT2D eigenvalue weighted by molar-refractivity contribution is 5.84. The minimum Gasteiger partial charge on any atom is -0.494 e. The van der Waals surface area contributed by atoms with Gasteiger partial charge in [-0.2, -0.15) is 5.10 Å². The monoisotopic (exact) mass is 512 g/mol. The van der Waals surface area contributed by atoms with E-state index in [0.29, 0.717) is 49.4 Å². The van der Waals surface area contributed by atoms with Gasteiger partial charge in [0.2, 0.25) is 11.8 Å². The number of rotatable bonds is 2. The molecule has 0 aliphatic carbocycles. The fraction of sp³-hybridized carbons (Fsp3) is 0.321. The summed E-state index contributed by atoms with van der Waals surface area (Å²) in [5.41, 5.74) is 2.89. The van der Waals surface area contributed by atoms with Gasteiger partial charge in [0.05, 0.1) is 41.4 Å². The fourth-order valence-corrected chi connectivity index (χ4v) is 5.38. The van der Waals surface area contributed by atoms with Crippen LogP contribution in [-0.4, -0.2) is 55.7 Å². The van der Waals surface area contributed by atoms with E-state index < -0.39 is 6.04 Å². The first kappa shape index (κ1) is 23.9. The Hall–Kier alpha value is -4.47. The van der Waals surface area contributed by atoms with Crippen LogP contribution in [0.1, 0.15) is 35.1 Å². The number of aromatic nitrogens is 4. The highest BCUT2D eigenvalue weighted by atomic mass is 16.5. The van der Waals surface area contributed by atoms with Gasteiger partial charge in [-0.3, -0.25) is 14.4 Å². The molecule has 1 atom stereocenters. The third-order valence-electron chi connectivity index (χ3n) is 7.18. The summed E-state index contributed by atoms with van der Waals surface area (Å²) in [7, 11) is 0. The number of hydrogen-bond acceptors (Lipinski definition) is 6. The van der Waals surface area contributed by atoms with E-state index in [2.05, 4.69) is 15.4 Å². The number of carbonyl (C=O) groups excluding carboxylic acids is 2. The van der Waals surface area contributed by atoms with Crippen LogP contribution in [-0.2, 0) is 29.1 Å². The third-order valence-corrected chi connectivity index (χ3v) is 7.18. The topological polar surface area (TPSA) is 111 Å². The van der Waals surface area contributed by atoms with E-state index in [1.165, 1.54) is 4.68 Å². The van der Waals surface area contributed by atoms with Crippen LogP contribution in [0.25, 0.3) is 10.8 Å². The van der Waals surface area contributed by atoms with Crippen LogP contribution in [0.15, 0.2) is 59.7 Å². The maximum absolute atomic E-state index is 13.9. The maximum Gasteiger partial charge on any atom is 0.275 e. The molecule has 4 aromatic rings. The molecule has 0 fully saturated rings. The van der Waals surface area contributed by atoms with Gasteiger partial charge in [-0.05, 0) is 37.1 Å². The molecule has 0 saturated heterocycles. The molecule has 2 amide bonds. The van der Waals surface area contributed by atoms with Gasteiger partial charge in [0.1, 0.15) is 18.8 Å². The van der Waals surface area contributed by atoms with Gasteiger partial charge in [-0.15, -0.1) is 0 Å². The second-order valence-electron chi connectivity index (χ2n) is 9.66. The molecule has 2 aliphatic heterocycles. The SMILES string of the molecule is Cc1nn(CC(=O)N2CCc3ncn4c3C2c2cccc(c2)OCCCNC(=O)C4)c(=O)c2ccccc12. The summed E-state index contributed by atoms with van der Waals surface area (Å²) in [6.07, 6.45) is 2.89. The number of amides is 2. The van der Waals surface area contributed by atoms with Crippen molar-refractivity contribution in [2.45, 2.75) is 38.9 Å². The molecule has 4 heterocycles. The van der Waals surface area contributed by atoms with Crippen molar-refractivity contribution in [3.05, 3.63) is 87.9 Å². The Labute approximate surface area is 218 Å². The maximum atomic E-state index is 13.9. The van der Waals surface area contributed by atoms with E-state index in [1.54, 1.807) is 23.4 Å². The first-order valence-electron chi connectivity index (χ1n) is 12.8. The predicted octanol–water partition coefficient (Wildman–Crippen LogP) is 1.97. The van der Waals surface area contributed by atoms with Crippen LogP contribution in [0.3, 0.4) is 0 Å². The van der Waals surface area contributed by atoms with E-state index in [0.717, 1.165) is 22.3 Å². The van der Waals surface area contributed by atoms with Crippen molar-refractivity contribution in [2.75, 3.05) is 19.7 Å². The summed E-state index contributed by atoms with van der Waals surface area (Å²) in [6, 6.07) is 14.5. The van der Waals surface area contributed by atoms with E-state index in [-0.39, 0.29) is 30.5 Å². The van der Waals surface area contributed by atoms with Crippen LogP contribution < -0.4 is 15.6 Å². The van der Waals surface area contributed by atoms with Crippen molar-refractivity contribution >= 4 is 22.6 Å². The molecule has 2 bridgehead atoms. The second-order valence-corrected chi connectivity index (χ2v) is 9.66. The molecule has 0 radical (unpaired) electrons. The van der Waals surface area contributed by atoms with Gasteiger partial charge >= 0.3 is 0 Å². The average molecular weight is 513 g/mol. The van der Waals surface area contributed by atoms with Crippen LogP contribution in [0.4, 0.5) is 0 Å². The number of ether oxygens (including phenoxy) is 1. The quantitative estimate of drug-likeness (QED) is 0.440. The Morgan fingerprint density at radius 1 is 1.13 bits per heavy atom. The number of fused-ring (bicyclic) bond motifs is 4. The van der Waals surface area contributed by atoms with E-state index in [4.69, 9.17) is 4.74 Å². The van der Waals surface area contributed by atoms with Gasteiger partial charge in [0.25, 0.3) is 5.56 Å². The number of imidazole rings is 1. The Bertz CT molecular complexity index is 1610. The molecule has 0 saturated carbocycles. The number of benzene rings is 2. The lowest BCUT2D eigenvalue weighted by molar-refractivity contribution is -0.134. The first-order valence-corrected chi connectivity index (χ1v) is 12.8. The minimum atomic E-state index is -0.497.